The molecule has 3 atom stereocenters. The van der Waals surface area contributed by atoms with E-state index in [1.54, 1.807) is 19.5 Å². The molecule has 0 spiro atoms. The normalized spacial score (nSPS) is 23.3. The summed E-state index contributed by atoms with van der Waals surface area (Å²) in [6.45, 7) is 6.06. The van der Waals surface area contributed by atoms with Crippen LogP contribution >= 0.6 is 0 Å². The molecule has 1 unspecified atom stereocenters. The summed E-state index contributed by atoms with van der Waals surface area (Å²) in [6.07, 6.45) is 8.38. The summed E-state index contributed by atoms with van der Waals surface area (Å²) < 4.78 is 4.94. The molecule has 2 aliphatic rings. The number of aromatic nitrogens is 1. The highest BCUT2D eigenvalue weighted by Gasteiger charge is 2.40. The second-order valence-corrected chi connectivity index (χ2v) is 7.60. The monoisotopic (exact) mass is 381 g/mol. The van der Waals surface area contributed by atoms with Crippen LogP contribution in [0.25, 0.3) is 0 Å². The first-order valence-electron chi connectivity index (χ1n) is 9.20. The van der Waals surface area contributed by atoms with Gasteiger partial charge in [-0.15, -0.1) is 4.91 Å². The minimum absolute atomic E-state index is 0.0417. The molecule has 1 aromatic rings. The van der Waals surface area contributed by atoms with E-state index < -0.39 is 0 Å². The zero-order chi connectivity index (χ0) is 20.4. The molecular formula is C19H33N4O4+. The number of aromatic amines is 1. The Morgan fingerprint density at radius 3 is 2.30 bits per heavy atom. The van der Waals surface area contributed by atoms with Crippen LogP contribution in [0.2, 0.25) is 0 Å². The summed E-state index contributed by atoms with van der Waals surface area (Å²) in [5, 5.41) is 13.4. The Labute approximate surface area is 161 Å². The van der Waals surface area contributed by atoms with Crippen molar-refractivity contribution in [3.05, 3.63) is 23.4 Å². The molecule has 2 saturated heterocycles. The molecule has 0 aliphatic carbocycles. The summed E-state index contributed by atoms with van der Waals surface area (Å²) in [5.41, 5.74) is 1.20. The number of carbonyl (C=O) groups is 1. The van der Waals surface area contributed by atoms with E-state index in [-0.39, 0.29) is 5.60 Å². The molecule has 0 aromatic carbocycles. The van der Waals surface area contributed by atoms with Crippen molar-refractivity contribution in [3.8, 4) is 0 Å². The minimum Gasteiger partial charge on any atom is -0.400 e. The number of anilines is 1. The molecule has 8 heteroatoms. The maximum Gasteiger partial charge on any atom is 0.210 e. The summed E-state index contributed by atoms with van der Waals surface area (Å²) in [7, 11) is 2.71. The fourth-order valence-electron chi connectivity index (χ4n) is 3.34. The Bertz CT molecular complexity index is 577. The van der Waals surface area contributed by atoms with Crippen LogP contribution in [0.4, 0.5) is 11.4 Å². The molecule has 0 saturated carbocycles. The van der Waals surface area contributed by atoms with Gasteiger partial charge in [-0.3, -0.25) is 4.79 Å². The number of aliphatic hydroxyl groups is 1. The standard InChI is InChI=1S/C13H16N4O2.C5H12O.CH4O/c18-8-17-10-1-2-11(17)6-9(5-10)15-12-3-4-14-7-13(12)16-19;1-5(2,3)6-4;1-2/h3-4,7-11H,1-2,5-6H2,(H,14,15);1-4H3;2H,1H3/p+1/t9?,10-,11+;;. The maximum absolute atomic E-state index is 11.0. The van der Waals surface area contributed by atoms with Crippen molar-refractivity contribution in [3.63, 3.8) is 0 Å². The molecule has 2 bridgehead atoms. The Morgan fingerprint density at radius 2 is 1.85 bits per heavy atom. The summed E-state index contributed by atoms with van der Waals surface area (Å²) in [5.74, 6) is 0. The number of nitrogens with zero attached hydrogens (tertiary/aromatic N) is 2. The molecule has 2 fully saturated rings. The van der Waals surface area contributed by atoms with Gasteiger partial charge in [0.05, 0.1) is 11.3 Å². The number of amides is 1. The Kier molecular flexibility index (Phi) is 9.31. The van der Waals surface area contributed by atoms with E-state index in [0.717, 1.165) is 44.9 Å². The molecule has 2 aliphatic heterocycles. The lowest BCUT2D eigenvalue weighted by Gasteiger charge is -2.37. The maximum atomic E-state index is 11.0. The number of methoxy groups -OCH3 is 1. The first-order chi connectivity index (χ1) is 12.9. The lowest BCUT2D eigenvalue weighted by atomic mass is 9.97. The summed E-state index contributed by atoms with van der Waals surface area (Å²) in [4.78, 5) is 26.6. The van der Waals surface area contributed by atoms with E-state index in [9.17, 15) is 9.70 Å². The highest BCUT2D eigenvalue weighted by atomic mass is 16.5. The first kappa shape index (κ1) is 23.0. The zero-order valence-corrected chi connectivity index (χ0v) is 16.9. The van der Waals surface area contributed by atoms with Crippen LogP contribution in [-0.4, -0.2) is 54.4 Å². The minimum atomic E-state index is 0.0417. The number of nitroso groups, excluding NO2 is 1. The third-order valence-electron chi connectivity index (χ3n) is 4.82. The SMILES string of the molecule is CO.COC(C)(C)C.O=CN1[C@@H]2CC[C@H]1CC(Nc1cc[nH+]cc1N=O)C2. The van der Waals surface area contributed by atoms with Gasteiger partial charge in [0.1, 0.15) is 0 Å². The van der Waals surface area contributed by atoms with Gasteiger partial charge in [0, 0.05) is 38.4 Å². The van der Waals surface area contributed by atoms with Crippen molar-refractivity contribution in [2.45, 2.75) is 70.2 Å². The van der Waals surface area contributed by atoms with Gasteiger partial charge in [0.15, 0.2) is 18.1 Å². The van der Waals surface area contributed by atoms with Gasteiger partial charge in [-0.25, -0.2) is 4.98 Å². The van der Waals surface area contributed by atoms with Crippen molar-refractivity contribution in [1.29, 1.82) is 0 Å². The van der Waals surface area contributed by atoms with Crippen LogP contribution in [0, 0.1) is 4.91 Å². The van der Waals surface area contributed by atoms with E-state index in [2.05, 4.69) is 15.5 Å². The number of ether oxygens (including phenoxy) is 1. The summed E-state index contributed by atoms with van der Waals surface area (Å²) >= 11 is 0. The van der Waals surface area contributed by atoms with Gasteiger partial charge in [0.2, 0.25) is 6.41 Å². The van der Waals surface area contributed by atoms with Crippen LogP contribution in [0.3, 0.4) is 0 Å². The third-order valence-corrected chi connectivity index (χ3v) is 4.82. The Balaban J connectivity index is 0.000000392. The van der Waals surface area contributed by atoms with E-state index in [1.165, 1.54) is 0 Å². The fraction of sp³-hybridized carbons (Fsp3) is 0.684. The fourth-order valence-corrected chi connectivity index (χ4v) is 3.34. The number of rotatable bonds is 4. The van der Waals surface area contributed by atoms with E-state index in [1.807, 2.05) is 31.7 Å². The average Bonchev–Trinajstić information content (AvgIpc) is 2.93. The first-order valence-corrected chi connectivity index (χ1v) is 9.20. The quantitative estimate of drug-likeness (QED) is 0.616. The number of carbonyl (C=O) groups excluding carboxylic acids is 1. The number of fused-ring (bicyclic) bond motifs is 2. The number of piperidine rings is 1. The number of hydrogen-bond acceptors (Lipinski definition) is 6. The molecule has 3 heterocycles. The van der Waals surface area contributed by atoms with Crippen molar-refractivity contribution < 1.29 is 19.6 Å². The number of aliphatic hydroxyl groups excluding tert-OH is 1. The molecule has 1 amide bonds. The number of pyridine rings is 1. The zero-order valence-electron chi connectivity index (χ0n) is 16.9. The Morgan fingerprint density at radius 1 is 1.30 bits per heavy atom. The van der Waals surface area contributed by atoms with Crippen molar-refractivity contribution in [2.24, 2.45) is 5.18 Å². The van der Waals surface area contributed by atoms with E-state index in [4.69, 9.17) is 9.84 Å². The second-order valence-electron chi connectivity index (χ2n) is 7.60. The van der Waals surface area contributed by atoms with Gasteiger partial charge >= 0.3 is 0 Å². The van der Waals surface area contributed by atoms with Gasteiger partial charge in [0.25, 0.3) is 0 Å². The third kappa shape index (κ3) is 6.88. The van der Waals surface area contributed by atoms with Gasteiger partial charge in [-0.1, -0.05) is 0 Å². The molecule has 152 valence electrons. The number of H-pyrrole nitrogens is 1. The largest absolute Gasteiger partial charge is 0.400 e. The predicted molar refractivity (Wildman–Crippen MR) is 105 cm³/mol. The predicted octanol–water partition coefficient (Wildman–Crippen LogP) is 2.50. The lowest BCUT2D eigenvalue weighted by Crippen LogP contribution is -2.46. The average molecular weight is 381 g/mol. The molecule has 0 radical (unpaired) electrons. The van der Waals surface area contributed by atoms with Gasteiger partial charge in [-0.05, 0) is 51.6 Å². The van der Waals surface area contributed by atoms with E-state index >= 15 is 0 Å². The highest BCUT2D eigenvalue weighted by molar-refractivity contribution is 5.63. The Hall–Kier alpha value is -2.06. The van der Waals surface area contributed by atoms with Crippen LogP contribution in [0.15, 0.2) is 23.6 Å². The second kappa shape index (κ2) is 10.9. The molecule has 1 aromatic heterocycles. The van der Waals surface area contributed by atoms with Gasteiger partial charge in [-0.2, -0.15) is 0 Å². The topological polar surface area (TPSA) is 105 Å². The highest BCUT2D eigenvalue weighted by Crippen LogP contribution is 2.36. The lowest BCUT2D eigenvalue weighted by molar-refractivity contribution is -0.376. The van der Waals surface area contributed by atoms with Crippen molar-refractivity contribution in [2.75, 3.05) is 19.5 Å². The van der Waals surface area contributed by atoms with Crippen molar-refractivity contribution >= 4 is 17.8 Å². The number of hydrogen-bond donors (Lipinski definition) is 2. The van der Waals surface area contributed by atoms with Crippen LogP contribution in [-0.2, 0) is 9.53 Å². The molecule has 27 heavy (non-hydrogen) atoms. The molecular weight excluding hydrogens is 348 g/mol. The smallest absolute Gasteiger partial charge is 0.210 e. The number of nitrogens with one attached hydrogen (secondary N) is 2. The van der Waals surface area contributed by atoms with E-state index in [0.29, 0.717) is 23.8 Å². The van der Waals surface area contributed by atoms with Gasteiger partial charge < -0.3 is 20.1 Å². The molecule has 8 nitrogen and oxygen atoms in total. The van der Waals surface area contributed by atoms with Crippen LogP contribution < -0.4 is 10.3 Å². The summed E-state index contributed by atoms with van der Waals surface area (Å²) in [6, 6.07) is 2.81. The molecule has 3 N–H and O–H groups in total. The van der Waals surface area contributed by atoms with Crippen LogP contribution in [0.5, 0.6) is 0 Å². The molecule has 3 rings (SSSR count). The van der Waals surface area contributed by atoms with Crippen molar-refractivity contribution in [1.82, 2.24) is 4.90 Å². The van der Waals surface area contributed by atoms with Crippen LogP contribution in [0.1, 0.15) is 46.5 Å².